The zero-order valence-corrected chi connectivity index (χ0v) is 18.6. The van der Waals surface area contributed by atoms with Crippen molar-refractivity contribution < 1.29 is 28.3 Å². The van der Waals surface area contributed by atoms with E-state index in [-0.39, 0.29) is 23.6 Å². The molecular formula is C22H21FN4O5S. The van der Waals surface area contributed by atoms with Crippen LogP contribution in [0.4, 0.5) is 10.1 Å². The highest BCUT2D eigenvalue weighted by atomic mass is 32.1. The third kappa shape index (κ3) is 5.32. The minimum Gasteiger partial charge on any atom is -0.465 e. The van der Waals surface area contributed by atoms with E-state index < -0.39 is 35.5 Å². The van der Waals surface area contributed by atoms with Crippen LogP contribution in [0.3, 0.4) is 0 Å². The van der Waals surface area contributed by atoms with Crippen molar-refractivity contribution in [2.45, 2.75) is 19.4 Å². The zero-order valence-electron chi connectivity index (χ0n) is 17.8. The SMILES string of the molecule is CCN1C(=O)C(CC(=O)Nc2ccc(C(=O)OC)cc2)N(NC(=O)c2cccc(F)c2)C1=S. The highest BCUT2D eigenvalue weighted by molar-refractivity contribution is 7.80. The molecule has 1 unspecified atom stereocenters. The van der Waals surface area contributed by atoms with Crippen molar-refractivity contribution in [2.75, 3.05) is 19.0 Å². The topological polar surface area (TPSA) is 108 Å². The van der Waals surface area contributed by atoms with E-state index in [0.29, 0.717) is 11.3 Å². The number of likely N-dealkylation sites (N-methyl/N-ethyl adjacent to an activating group) is 1. The zero-order chi connectivity index (χ0) is 24.1. The molecule has 2 aromatic rings. The molecule has 0 aromatic heterocycles. The number of hydrogen-bond acceptors (Lipinski definition) is 6. The molecule has 3 rings (SSSR count). The lowest BCUT2D eigenvalue weighted by Crippen LogP contribution is -2.49. The molecule has 0 spiro atoms. The summed E-state index contributed by atoms with van der Waals surface area (Å²) >= 11 is 5.31. The fraction of sp³-hybridized carbons (Fsp3) is 0.227. The van der Waals surface area contributed by atoms with Gasteiger partial charge in [-0.3, -0.25) is 24.7 Å². The second-order valence-corrected chi connectivity index (χ2v) is 7.39. The quantitative estimate of drug-likeness (QED) is 0.469. The van der Waals surface area contributed by atoms with Crippen LogP contribution in [0.15, 0.2) is 48.5 Å². The first-order valence-corrected chi connectivity index (χ1v) is 10.3. The number of esters is 1. The van der Waals surface area contributed by atoms with Gasteiger partial charge in [-0.2, -0.15) is 0 Å². The van der Waals surface area contributed by atoms with Crippen molar-refractivity contribution in [1.29, 1.82) is 0 Å². The molecule has 0 bridgehead atoms. The number of nitrogens with zero attached hydrogens (tertiary/aromatic N) is 2. The Morgan fingerprint density at radius 2 is 1.82 bits per heavy atom. The molecule has 1 aliphatic heterocycles. The summed E-state index contributed by atoms with van der Waals surface area (Å²) < 4.78 is 18.1. The third-order valence-corrected chi connectivity index (χ3v) is 5.31. The van der Waals surface area contributed by atoms with Gasteiger partial charge in [-0.05, 0) is 61.6 Å². The average Bonchev–Trinajstić information content (AvgIpc) is 3.02. The number of halogens is 1. The van der Waals surface area contributed by atoms with Gasteiger partial charge in [0.2, 0.25) is 5.91 Å². The first-order valence-electron chi connectivity index (χ1n) is 9.94. The fourth-order valence-electron chi connectivity index (χ4n) is 3.24. The Morgan fingerprint density at radius 1 is 1.12 bits per heavy atom. The lowest BCUT2D eigenvalue weighted by Gasteiger charge is -2.24. The average molecular weight is 472 g/mol. The van der Waals surface area contributed by atoms with E-state index in [4.69, 9.17) is 12.2 Å². The summed E-state index contributed by atoms with van der Waals surface area (Å²) in [4.78, 5) is 50.8. The lowest BCUT2D eigenvalue weighted by atomic mass is 10.1. The van der Waals surface area contributed by atoms with Crippen molar-refractivity contribution in [2.24, 2.45) is 0 Å². The molecule has 0 radical (unpaired) electrons. The van der Waals surface area contributed by atoms with Crippen LogP contribution < -0.4 is 10.7 Å². The summed E-state index contributed by atoms with van der Waals surface area (Å²) in [6.45, 7) is 1.96. The molecule has 2 aromatic carbocycles. The highest BCUT2D eigenvalue weighted by Crippen LogP contribution is 2.20. The van der Waals surface area contributed by atoms with E-state index in [2.05, 4.69) is 15.5 Å². The summed E-state index contributed by atoms with van der Waals surface area (Å²) in [5.74, 6) is -2.73. The molecule has 2 N–H and O–H groups in total. The molecule has 11 heteroatoms. The van der Waals surface area contributed by atoms with E-state index in [1.165, 1.54) is 54.5 Å². The van der Waals surface area contributed by atoms with Crippen molar-refractivity contribution in [3.8, 4) is 0 Å². The molecule has 1 atom stereocenters. The molecule has 1 heterocycles. The smallest absolute Gasteiger partial charge is 0.337 e. The molecule has 33 heavy (non-hydrogen) atoms. The van der Waals surface area contributed by atoms with Gasteiger partial charge in [-0.1, -0.05) is 6.07 Å². The summed E-state index contributed by atoms with van der Waals surface area (Å²) in [5.41, 5.74) is 3.26. The first-order chi connectivity index (χ1) is 15.7. The van der Waals surface area contributed by atoms with E-state index >= 15 is 0 Å². The number of thiocarbonyl (C=S) groups is 1. The number of ether oxygens (including phenoxy) is 1. The maximum atomic E-state index is 13.5. The first kappa shape index (κ1) is 23.8. The van der Waals surface area contributed by atoms with E-state index in [0.717, 1.165) is 11.1 Å². The maximum absolute atomic E-state index is 13.5. The Morgan fingerprint density at radius 3 is 2.42 bits per heavy atom. The number of hydrogen-bond donors (Lipinski definition) is 2. The Hall–Kier alpha value is -3.86. The number of nitrogens with one attached hydrogen (secondary N) is 2. The van der Waals surface area contributed by atoms with E-state index in [9.17, 15) is 23.6 Å². The molecule has 1 fully saturated rings. The molecule has 1 saturated heterocycles. The predicted molar refractivity (Wildman–Crippen MR) is 121 cm³/mol. The number of methoxy groups -OCH3 is 1. The van der Waals surface area contributed by atoms with E-state index in [1.807, 2.05) is 0 Å². The molecule has 0 aliphatic carbocycles. The monoisotopic (exact) mass is 472 g/mol. The van der Waals surface area contributed by atoms with Crippen molar-refractivity contribution in [1.82, 2.24) is 15.3 Å². The van der Waals surface area contributed by atoms with Crippen LogP contribution in [0, 0.1) is 5.82 Å². The molecule has 172 valence electrons. The standard InChI is InChI=1S/C22H21FN4O5S/c1-3-26-20(30)17(12-18(28)24-16-9-7-13(8-10-16)21(31)32-2)27(22(26)33)25-19(29)14-5-4-6-15(23)11-14/h4-11,17H,3,12H2,1-2H3,(H,24,28)(H,25,29). The Kier molecular flexibility index (Phi) is 7.34. The van der Waals surface area contributed by atoms with Crippen LogP contribution in [0.5, 0.6) is 0 Å². The number of benzene rings is 2. The lowest BCUT2D eigenvalue weighted by molar-refractivity contribution is -0.130. The second kappa shape index (κ2) is 10.2. The largest absolute Gasteiger partial charge is 0.465 e. The van der Waals surface area contributed by atoms with Gasteiger partial charge in [0, 0.05) is 17.8 Å². The van der Waals surface area contributed by atoms with E-state index in [1.54, 1.807) is 6.92 Å². The van der Waals surface area contributed by atoms with Crippen LogP contribution in [0.25, 0.3) is 0 Å². The number of hydrazine groups is 1. The van der Waals surface area contributed by atoms with Gasteiger partial charge in [0.15, 0.2) is 5.11 Å². The molecule has 3 amide bonds. The van der Waals surface area contributed by atoms with Crippen molar-refractivity contribution in [3.63, 3.8) is 0 Å². The van der Waals surface area contributed by atoms with Gasteiger partial charge >= 0.3 is 5.97 Å². The third-order valence-electron chi connectivity index (χ3n) is 4.89. The fourth-order valence-corrected chi connectivity index (χ4v) is 3.63. The van der Waals surface area contributed by atoms with Gasteiger partial charge in [0.25, 0.3) is 11.8 Å². The molecule has 0 saturated carbocycles. The van der Waals surface area contributed by atoms with Gasteiger partial charge in [0.05, 0.1) is 19.1 Å². The normalized spacial score (nSPS) is 15.4. The Bertz CT molecular complexity index is 1110. The van der Waals surface area contributed by atoms with Crippen molar-refractivity contribution in [3.05, 3.63) is 65.5 Å². The highest BCUT2D eigenvalue weighted by Gasteiger charge is 2.43. The van der Waals surface area contributed by atoms with Gasteiger partial charge < -0.3 is 10.1 Å². The molecule has 1 aliphatic rings. The van der Waals surface area contributed by atoms with Crippen LogP contribution in [0.2, 0.25) is 0 Å². The van der Waals surface area contributed by atoms with Crippen LogP contribution in [0.1, 0.15) is 34.1 Å². The number of carbonyl (C=O) groups excluding carboxylic acids is 4. The predicted octanol–water partition coefficient (Wildman–Crippen LogP) is 2.10. The van der Waals surface area contributed by atoms with Gasteiger partial charge in [-0.25, -0.2) is 14.2 Å². The molecule has 9 nitrogen and oxygen atoms in total. The minimum atomic E-state index is -1.08. The molecular weight excluding hydrogens is 451 g/mol. The number of anilines is 1. The van der Waals surface area contributed by atoms with Crippen molar-refractivity contribution >= 4 is 46.7 Å². The van der Waals surface area contributed by atoms with Crippen LogP contribution >= 0.6 is 12.2 Å². The van der Waals surface area contributed by atoms with Gasteiger partial charge in [0.1, 0.15) is 11.9 Å². The Balaban J connectivity index is 1.73. The van der Waals surface area contributed by atoms with Gasteiger partial charge in [-0.15, -0.1) is 0 Å². The van der Waals surface area contributed by atoms with Crippen LogP contribution in [-0.2, 0) is 14.3 Å². The summed E-state index contributed by atoms with van der Waals surface area (Å²) in [6, 6.07) is 9.98. The number of rotatable bonds is 7. The van der Waals surface area contributed by atoms with Crippen LogP contribution in [-0.4, -0.2) is 58.4 Å². The summed E-state index contributed by atoms with van der Waals surface area (Å²) in [7, 11) is 1.26. The second-order valence-electron chi connectivity index (χ2n) is 7.02. The summed E-state index contributed by atoms with van der Waals surface area (Å²) in [5, 5.41) is 3.82. The Labute approximate surface area is 194 Å². The number of carbonyl (C=O) groups is 4. The minimum absolute atomic E-state index is 0.0347. The number of amides is 3. The maximum Gasteiger partial charge on any atom is 0.337 e. The summed E-state index contributed by atoms with van der Waals surface area (Å²) in [6.07, 6.45) is -0.308.